The highest BCUT2D eigenvalue weighted by Crippen LogP contribution is 2.23. The summed E-state index contributed by atoms with van der Waals surface area (Å²) in [5.41, 5.74) is 7.34. The van der Waals surface area contributed by atoms with Gasteiger partial charge in [0.15, 0.2) is 0 Å². The Kier molecular flexibility index (Phi) is 2.06. The van der Waals surface area contributed by atoms with Gasteiger partial charge in [-0.1, -0.05) is 6.92 Å². The number of aryl methyl sites for hydroxylation is 1. The Bertz CT molecular complexity index is 378. The predicted molar refractivity (Wildman–Crippen MR) is 55.5 cm³/mol. The van der Waals surface area contributed by atoms with Crippen molar-refractivity contribution >= 4 is 5.84 Å². The minimum absolute atomic E-state index is 0.0935. The van der Waals surface area contributed by atoms with Gasteiger partial charge in [-0.25, -0.2) is 4.98 Å². The van der Waals surface area contributed by atoms with Crippen molar-refractivity contribution in [3.8, 4) is 0 Å². The van der Waals surface area contributed by atoms with Crippen LogP contribution in [-0.2, 0) is 13.0 Å². The van der Waals surface area contributed by atoms with Crippen LogP contribution in [0.25, 0.3) is 0 Å². The maximum atomic E-state index is 7.46. The summed E-state index contributed by atoms with van der Waals surface area (Å²) in [5, 5.41) is 7.46. The molecule has 1 aliphatic rings. The Hall–Kier alpha value is -1.32. The molecule has 1 aromatic heterocycles. The molecular formula is C10H16N4. The second-order valence-corrected chi connectivity index (χ2v) is 4.12. The summed E-state index contributed by atoms with van der Waals surface area (Å²) < 4.78 is 2.19. The lowest BCUT2D eigenvalue weighted by atomic mass is 9.97. The van der Waals surface area contributed by atoms with Crippen LogP contribution in [0.15, 0.2) is 0 Å². The molecule has 1 unspecified atom stereocenters. The van der Waals surface area contributed by atoms with Crippen molar-refractivity contribution in [1.82, 2.24) is 9.55 Å². The molecule has 0 bridgehead atoms. The van der Waals surface area contributed by atoms with E-state index in [2.05, 4.69) is 16.5 Å². The summed E-state index contributed by atoms with van der Waals surface area (Å²) in [6.45, 7) is 5.23. The average Bonchev–Trinajstić information content (AvgIpc) is 2.43. The molecule has 4 nitrogen and oxygen atoms in total. The van der Waals surface area contributed by atoms with Gasteiger partial charge >= 0.3 is 0 Å². The van der Waals surface area contributed by atoms with E-state index in [1.54, 1.807) is 0 Å². The number of nitrogens with one attached hydrogen (secondary N) is 1. The summed E-state index contributed by atoms with van der Waals surface area (Å²) in [6, 6.07) is 0. The summed E-state index contributed by atoms with van der Waals surface area (Å²) in [4.78, 5) is 4.34. The molecule has 76 valence electrons. The monoisotopic (exact) mass is 192 g/mol. The molecule has 2 rings (SSSR count). The largest absolute Gasteiger partial charge is 0.382 e. The molecule has 2 heterocycles. The van der Waals surface area contributed by atoms with Crippen LogP contribution in [0, 0.1) is 18.3 Å². The second-order valence-electron chi connectivity index (χ2n) is 4.12. The standard InChI is InChI=1S/C10H16N4/c1-6-3-4-14-7(2)13-9(10(11)12)8(14)5-6/h6H,3-5H2,1-2H3,(H3,11,12). The van der Waals surface area contributed by atoms with E-state index in [0.717, 1.165) is 24.5 Å². The highest BCUT2D eigenvalue weighted by molar-refractivity contribution is 5.94. The SMILES string of the molecule is Cc1nc(C(=N)N)c2n1CCC(C)C2. The molecular weight excluding hydrogens is 176 g/mol. The van der Waals surface area contributed by atoms with Crippen LogP contribution in [0.1, 0.15) is 30.6 Å². The first-order valence-corrected chi connectivity index (χ1v) is 5.00. The van der Waals surface area contributed by atoms with Crippen LogP contribution in [-0.4, -0.2) is 15.4 Å². The zero-order valence-electron chi connectivity index (χ0n) is 8.67. The molecule has 0 saturated heterocycles. The molecule has 0 aliphatic carbocycles. The summed E-state index contributed by atoms with van der Waals surface area (Å²) in [7, 11) is 0. The fourth-order valence-corrected chi connectivity index (χ4v) is 2.11. The Morgan fingerprint density at radius 1 is 1.64 bits per heavy atom. The number of hydrogen-bond donors (Lipinski definition) is 2. The summed E-state index contributed by atoms with van der Waals surface area (Å²) >= 11 is 0. The van der Waals surface area contributed by atoms with Gasteiger partial charge in [0, 0.05) is 12.2 Å². The molecule has 3 N–H and O–H groups in total. The smallest absolute Gasteiger partial charge is 0.143 e. The van der Waals surface area contributed by atoms with Crippen molar-refractivity contribution in [3.05, 3.63) is 17.2 Å². The van der Waals surface area contributed by atoms with Crippen LogP contribution >= 0.6 is 0 Å². The number of nitrogens with two attached hydrogens (primary N) is 1. The first kappa shape index (κ1) is 9.24. The third-order valence-corrected chi connectivity index (χ3v) is 2.91. The number of nitrogen functional groups attached to an aromatic ring is 1. The number of imidazole rings is 1. The number of aromatic nitrogens is 2. The fourth-order valence-electron chi connectivity index (χ4n) is 2.11. The van der Waals surface area contributed by atoms with E-state index in [4.69, 9.17) is 11.1 Å². The van der Waals surface area contributed by atoms with E-state index >= 15 is 0 Å². The number of fused-ring (bicyclic) bond motifs is 1. The van der Waals surface area contributed by atoms with E-state index in [1.807, 2.05) is 6.92 Å². The van der Waals surface area contributed by atoms with Crippen LogP contribution in [0.3, 0.4) is 0 Å². The summed E-state index contributed by atoms with van der Waals surface area (Å²) in [5.74, 6) is 1.75. The van der Waals surface area contributed by atoms with Crippen LogP contribution in [0.5, 0.6) is 0 Å². The fraction of sp³-hybridized carbons (Fsp3) is 0.600. The Morgan fingerprint density at radius 3 is 3.00 bits per heavy atom. The molecule has 0 amide bonds. The van der Waals surface area contributed by atoms with Gasteiger partial charge < -0.3 is 10.3 Å². The van der Waals surface area contributed by atoms with Gasteiger partial charge in [-0.2, -0.15) is 0 Å². The highest BCUT2D eigenvalue weighted by Gasteiger charge is 2.22. The maximum Gasteiger partial charge on any atom is 0.143 e. The van der Waals surface area contributed by atoms with Crippen molar-refractivity contribution in [3.63, 3.8) is 0 Å². The lowest BCUT2D eigenvalue weighted by Crippen LogP contribution is -2.21. The Balaban J connectivity index is 2.50. The molecule has 0 fully saturated rings. The third-order valence-electron chi connectivity index (χ3n) is 2.91. The first-order valence-electron chi connectivity index (χ1n) is 5.00. The average molecular weight is 192 g/mol. The molecule has 1 aliphatic heterocycles. The lowest BCUT2D eigenvalue weighted by molar-refractivity contribution is 0.412. The molecule has 1 aromatic rings. The topological polar surface area (TPSA) is 67.7 Å². The van der Waals surface area contributed by atoms with E-state index < -0.39 is 0 Å². The first-order chi connectivity index (χ1) is 6.59. The Labute approximate surface area is 83.6 Å². The molecule has 0 radical (unpaired) electrons. The van der Waals surface area contributed by atoms with Gasteiger partial charge in [-0.15, -0.1) is 0 Å². The number of hydrogen-bond acceptors (Lipinski definition) is 2. The Morgan fingerprint density at radius 2 is 2.36 bits per heavy atom. The normalized spacial score (nSPS) is 20.6. The third kappa shape index (κ3) is 1.31. The molecule has 4 heteroatoms. The van der Waals surface area contributed by atoms with E-state index in [9.17, 15) is 0 Å². The highest BCUT2D eigenvalue weighted by atomic mass is 15.1. The van der Waals surface area contributed by atoms with Crippen LogP contribution in [0.4, 0.5) is 0 Å². The van der Waals surface area contributed by atoms with Gasteiger partial charge in [0.2, 0.25) is 0 Å². The summed E-state index contributed by atoms with van der Waals surface area (Å²) in [6.07, 6.45) is 2.19. The second kappa shape index (κ2) is 3.12. The van der Waals surface area contributed by atoms with Gasteiger partial charge in [-0.05, 0) is 25.7 Å². The van der Waals surface area contributed by atoms with Crippen molar-refractivity contribution < 1.29 is 0 Å². The van der Waals surface area contributed by atoms with Crippen molar-refractivity contribution in [2.45, 2.75) is 33.2 Å². The van der Waals surface area contributed by atoms with E-state index in [-0.39, 0.29) is 5.84 Å². The lowest BCUT2D eigenvalue weighted by Gasteiger charge is -2.21. The number of rotatable bonds is 1. The molecule has 14 heavy (non-hydrogen) atoms. The zero-order valence-corrected chi connectivity index (χ0v) is 8.67. The van der Waals surface area contributed by atoms with Gasteiger partial charge in [0.25, 0.3) is 0 Å². The quantitative estimate of drug-likeness (QED) is 0.516. The van der Waals surface area contributed by atoms with Crippen LogP contribution < -0.4 is 5.73 Å². The van der Waals surface area contributed by atoms with Gasteiger partial charge in [0.05, 0.1) is 0 Å². The van der Waals surface area contributed by atoms with Crippen molar-refractivity contribution in [1.29, 1.82) is 5.41 Å². The molecule has 0 saturated carbocycles. The minimum atomic E-state index is 0.0935. The van der Waals surface area contributed by atoms with E-state index in [0.29, 0.717) is 11.6 Å². The van der Waals surface area contributed by atoms with E-state index in [1.165, 1.54) is 6.42 Å². The maximum absolute atomic E-state index is 7.46. The van der Waals surface area contributed by atoms with Gasteiger partial charge in [-0.3, -0.25) is 5.41 Å². The van der Waals surface area contributed by atoms with Crippen LogP contribution in [0.2, 0.25) is 0 Å². The van der Waals surface area contributed by atoms with Crippen molar-refractivity contribution in [2.75, 3.05) is 0 Å². The van der Waals surface area contributed by atoms with Crippen molar-refractivity contribution in [2.24, 2.45) is 11.7 Å². The molecule has 0 aromatic carbocycles. The number of nitrogens with zero attached hydrogens (tertiary/aromatic N) is 2. The molecule has 0 spiro atoms. The zero-order chi connectivity index (χ0) is 10.3. The molecule has 1 atom stereocenters. The predicted octanol–water partition coefficient (Wildman–Crippen LogP) is 1.06. The minimum Gasteiger partial charge on any atom is -0.382 e. The number of amidine groups is 1. The van der Waals surface area contributed by atoms with Gasteiger partial charge in [0.1, 0.15) is 17.4 Å².